The van der Waals surface area contributed by atoms with Gasteiger partial charge in [-0.2, -0.15) is 0 Å². The second-order valence-electron chi connectivity index (χ2n) is 3.13. The topological polar surface area (TPSA) is 38.3 Å². The molecule has 0 atom stereocenters. The number of nitrogens with one attached hydrogen (secondary N) is 1. The number of hydrogen-bond donors (Lipinski definition) is 1. The van der Waals surface area contributed by atoms with E-state index in [2.05, 4.69) is 17.0 Å². The van der Waals surface area contributed by atoms with Crippen LogP contribution in [0.1, 0.15) is 33.1 Å². The number of methoxy groups -OCH3 is 1. The maximum Gasteiger partial charge on any atom is 0.333 e. The lowest BCUT2D eigenvalue weighted by molar-refractivity contribution is -0.136. The van der Waals surface area contributed by atoms with Gasteiger partial charge in [0.15, 0.2) is 0 Å². The normalized spacial score (nSPS) is 11.5. The van der Waals surface area contributed by atoms with E-state index < -0.39 is 0 Å². The van der Waals surface area contributed by atoms with Gasteiger partial charge < -0.3 is 10.1 Å². The molecular weight excluding hydrogens is 178 g/mol. The minimum absolute atomic E-state index is 0.218. The molecule has 0 aliphatic heterocycles. The molecule has 0 radical (unpaired) electrons. The van der Waals surface area contributed by atoms with Gasteiger partial charge in [-0.3, -0.25) is 0 Å². The van der Waals surface area contributed by atoms with Crippen LogP contribution in [0.4, 0.5) is 0 Å². The van der Waals surface area contributed by atoms with E-state index in [4.69, 9.17) is 0 Å². The third-order valence-corrected chi connectivity index (χ3v) is 2.03. The highest BCUT2D eigenvalue weighted by molar-refractivity contribution is 5.88. The van der Waals surface area contributed by atoms with Gasteiger partial charge in [0.05, 0.1) is 7.11 Å². The second kappa shape index (κ2) is 8.75. The molecule has 0 aliphatic carbocycles. The minimum atomic E-state index is -0.218. The lowest BCUT2D eigenvalue weighted by atomic mass is 10.2. The molecule has 0 aromatic rings. The molecule has 0 heterocycles. The molecule has 0 rings (SSSR count). The Morgan fingerprint density at radius 1 is 1.43 bits per heavy atom. The van der Waals surface area contributed by atoms with E-state index >= 15 is 0 Å². The molecule has 0 saturated heterocycles. The average Bonchev–Trinajstić information content (AvgIpc) is 2.22. The van der Waals surface area contributed by atoms with Gasteiger partial charge >= 0.3 is 5.97 Å². The van der Waals surface area contributed by atoms with Crippen LogP contribution in [0.15, 0.2) is 11.6 Å². The Morgan fingerprint density at radius 3 is 2.64 bits per heavy atom. The molecule has 0 aromatic heterocycles. The van der Waals surface area contributed by atoms with Gasteiger partial charge in [0.2, 0.25) is 0 Å². The van der Waals surface area contributed by atoms with Crippen LogP contribution < -0.4 is 5.32 Å². The van der Waals surface area contributed by atoms with Crippen molar-refractivity contribution in [3.8, 4) is 0 Å². The van der Waals surface area contributed by atoms with Crippen molar-refractivity contribution in [3.05, 3.63) is 11.6 Å². The number of carbonyl (C=O) groups excluding carboxylic acids is 1. The molecule has 14 heavy (non-hydrogen) atoms. The fourth-order valence-electron chi connectivity index (χ4n) is 1.10. The summed E-state index contributed by atoms with van der Waals surface area (Å²) in [5, 5.41) is 3.25. The van der Waals surface area contributed by atoms with Gasteiger partial charge in [0, 0.05) is 12.1 Å². The Kier molecular flexibility index (Phi) is 8.24. The number of ether oxygens (including phenoxy) is 1. The molecule has 0 spiro atoms. The predicted octanol–water partition coefficient (Wildman–Crippen LogP) is 1.89. The van der Waals surface area contributed by atoms with Gasteiger partial charge in [0.1, 0.15) is 0 Å². The van der Waals surface area contributed by atoms with E-state index in [1.54, 1.807) is 0 Å². The zero-order valence-corrected chi connectivity index (χ0v) is 9.43. The summed E-state index contributed by atoms with van der Waals surface area (Å²) in [7, 11) is 1.41. The molecule has 3 nitrogen and oxygen atoms in total. The summed E-state index contributed by atoms with van der Waals surface area (Å²) >= 11 is 0. The van der Waals surface area contributed by atoms with E-state index in [0.29, 0.717) is 0 Å². The third-order valence-electron chi connectivity index (χ3n) is 2.03. The van der Waals surface area contributed by atoms with Crippen molar-refractivity contribution in [1.29, 1.82) is 0 Å². The summed E-state index contributed by atoms with van der Waals surface area (Å²) in [5.74, 6) is -0.218. The average molecular weight is 199 g/mol. The monoisotopic (exact) mass is 199 g/mol. The molecule has 0 saturated carbocycles. The Morgan fingerprint density at radius 2 is 2.14 bits per heavy atom. The van der Waals surface area contributed by atoms with Crippen molar-refractivity contribution in [1.82, 2.24) is 5.32 Å². The van der Waals surface area contributed by atoms with Gasteiger partial charge in [-0.05, 0) is 19.4 Å². The molecule has 0 unspecified atom stereocenters. The number of rotatable bonds is 7. The van der Waals surface area contributed by atoms with Crippen LogP contribution in [0.25, 0.3) is 0 Å². The summed E-state index contributed by atoms with van der Waals surface area (Å²) < 4.78 is 4.65. The number of hydrogen-bond acceptors (Lipinski definition) is 3. The second-order valence-corrected chi connectivity index (χ2v) is 3.13. The highest BCUT2D eigenvalue weighted by atomic mass is 16.5. The lowest BCUT2D eigenvalue weighted by Crippen LogP contribution is -2.16. The fourth-order valence-corrected chi connectivity index (χ4v) is 1.10. The van der Waals surface area contributed by atoms with Crippen LogP contribution in [-0.2, 0) is 9.53 Å². The van der Waals surface area contributed by atoms with Crippen molar-refractivity contribution in [2.24, 2.45) is 0 Å². The van der Waals surface area contributed by atoms with Crippen LogP contribution in [0, 0.1) is 0 Å². The molecule has 0 aliphatic rings. The maximum absolute atomic E-state index is 11.1. The zero-order chi connectivity index (χ0) is 10.8. The van der Waals surface area contributed by atoms with Crippen molar-refractivity contribution < 1.29 is 9.53 Å². The first kappa shape index (κ1) is 13.2. The largest absolute Gasteiger partial charge is 0.466 e. The first-order valence-corrected chi connectivity index (χ1v) is 5.24. The van der Waals surface area contributed by atoms with E-state index in [-0.39, 0.29) is 5.97 Å². The van der Waals surface area contributed by atoms with Gasteiger partial charge in [-0.15, -0.1) is 0 Å². The summed E-state index contributed by atoms with van der Waals surface area (Å²) in [6.07, 6.45) is 4.99. The van der Waals surface area contributed by atoms with Crippen molar-refractivity contribution >= 4 is 5.97 Å². The van der Waals surface area contributed by atoms with Gasteiger partial charge in [-0.1, -0.05) is 26.3 Å². The van der Waals surface area contributed by atoms with Crippen molar-refractivity contribution in [2.75, 3.05) is 20.2 Å². The zero-order valence-electron chi connectivity index (χ0n) is 9.43. The Hall–Kier alpha value is -0.830. The summed E-state index contributed by atoms with van der Waals surface area (Å²) in [5.41, 5.74) is 0.747. The maximum atomic E-state index is 11.1. The molecular formula is C11H21NO2. The van der Waals surface area contributed by atoms with E-state index in [9.17, 15) is 4.79 Å². The summed E-state index contributed by atoms with van der Waals surface area (Å²) in [6.45, 7) is 5.86. The molecule has 0 amide bonds. The van der Waals surface area contributed by atoms with Crippen molar-refractivity contribution in [3.63, 3.8) is 0 Å². The first-order valence-electron chi connectivity index (χ1n) is 5.24. The smallest absolute Gasteiger partial charge is 0.333 e. The SMILES string of the molecule is CCCCNC/C=C(/CC)C(=O)OC. The van der Waals surface area contributed by atoms with Crippen LogP contribution in [0.3, 0.4) is 0 Å². The molecule has 1 N–H and O–H groups in total. The quantitative estimate of drug-likeness (QED) is 0.386. The minimum Gasteiger partial charge on any atom is -0.466 e. The van der Waals surface area contributed by atoms with E-state index in [0.717, 1.165) is 25.1 Å². The highest BCUT2D eigenvalue weighted by Gasteiger charge is 2.04. The fraction of sp³-hybridized carbons (Fsp3) is 0.727. The summed E-state index contributed by atoms with van der Waals surface area (Å²) in [6, 6.07) is 0. The highest BCUT2D eigenvalue weighted by Crippen LogP contribution is 2.01. The van der Waals surface area contributed by atoms with Crippen LogP contribution >= 0.6 is 0 Å². The van der Waals surface area contributed by atoms with Crippen LogP contribution in [0.5, 0.6) is 0 Å². The number of esters is 1. The van der Waals surface area contributed by atoms with Crippen LogP contribution in [-0.4, -0.2) is 26.2 Å². The number of carbonyl (C=O) groups is 1. The first-order chi connectivity index (χ1) is 6.76. The van der Waals surface area contributed by atoms with E-state index in [1.807, 2.05) is 13.0 Å². The molecule has 0 fully saturated rings. The summed E-state index contributed by atoms with van der Waals surface area (Å²) in [4.78, 5) is 11.1. The number of unbranched alkanes of at least 4 members (excludes halogenated alkanes) is 1. The van der Waals surface area contributed by atoms with E-state index in [1.165, 1.54) is 20.0 Å². The van der Waals surface area contributed by atoms with Crippen LogP contribution in [0.2, 0.25) is 0 Å². The molecule has 0 bridgehead atoms. The van der Waals surface area contributed by atoms with Gasteiger partial charge in [0.25, 0.3) is 0 Å². The molecule has 82 valence electrons. The Labute approximate surface area is 86.5 Å². The third kappa shape index (κ3) is 5.75. The Balaban J connectivity index is 3.76. The van der Waals surface area contributed by atoms with Crippen molar-refractivity contribution in [2.45, 2.75) is 33.1 Å². The lowest BCUT2D eigenvalue weighted by Gasteiger charge is -2.03. The molecule has 0 aromatic carbocycles. The Bertz CT molecular complexity index is 188. The molecule has 3 heteroatoms. The standard InChI is InChI=1S/C11H21NO2/c1-4-6-8-12-9-7-10(5-2)11(13)14-3/h7,12H,4-6,8-9H2,1-3H3/b10-7-. The van der Waals surface area contributed by atoms with Gasteiger partial charge in [-0.25, -0.2) is 4.79 Å². The predicted molar refractivity (Wildman–Crippen MR) is 58.2 cm³/mol.